The van der Waals surface area contributed by atoms with Gasteiger partial charge in [0.15, 0.2) is 0 Å². The maximum absolute atomic E-state index is 12.1. The molecule has 0 radical (unpaired) electrons. The van der Waals surface area contributed by atoms with Crippen LogP contribution in [0.15, 0.2) is 0 Å². The number of aliphatic hydroxyl groups is 1. The van der Waals surface area contributed by atoms with Crippen molar-refractivity contribution in [3.63, 3.8) is 0 Å². The fourth-order valence-corrected chi connectivity index (χ4v) is 2.32. The van der Waals surface area contributed by atoms with Gasteiger partial charge in [0.05, 0.1) is 13.0 Å². The van der Waals surface area contributed by atoms with Crippen LogP contribution in [-0.4, -0.2) is 54.5 Å². The van der Waals surface area contributed by atoms with Gasteiger partial charge in [0.25, 0.3) is 0 Å². The Morgan fingerprint density at radius 3 is 2.15 bits per heavy atom. The van der Waals surface area contributed by atoms with Crippen LogP contribution >= 0.6 is 0 Å². The molecule has 0 fully saturated rings. The lowest BCUT2D eigenvalue weighted by atomic mass is 9.90. The lowest BCUT2D eigenvalue weighted by Gasteiger charge is -2.35. The van der Waals surface area contributed by atoms with E-state index in [-0.39, 0.29) is 24.7 Å². The van der Waals surface area contributed by atoms with E-state index in [4.69, 9.17) is 0 Å². The molecule has 0 aliphatic rings. The predicted molar refractivity (Wildman–Crippen MR) is 75.8 cm³/mol. The number of nitrogens with one attached hydrogen (secondary N) is 1. The summed E-state index contributed by atoms with van der Waals surface area (Å²) in [6.07, 6.45) is -2.54. The van der Waals surface area contributed by atoms with Crippen molar-refractivity contribution >= 4 is 0 Å². The second-order valence-electron chi connectivity index (χ2n) is 5.86. The summed E-state index contributed by atoms with van der Waals surface area (Å²) < 4.78 is 36.3. The Morgan fingerprint density at radius 2 is 1.75 bits per heavy atom. The molecule has 6 heteroatoms. The van der Waals surface area contributed by atoms with Crippen molar-refractivity contribution < 1.29 is 18.3 Å². The minimum Gasteiger partial charge on any atom is -0.394 e. The second-order valence-corrected chi connectivity index (χ2v) is 5.86. The molecule has 0 saturated carbocycles. The molecule has 0 aliphatic heterocycles. The van der Waals surface area contributed by atoms with Gasteiger partial charge in [-0.05, 0) is 32.9 Å². The Kier molecular flexibility index (Phi) is 8.70. The van der Waals surface area contributed by atoms with Gasteiger partial charge in [-0.1, -0.05) is 20.8 Å². The molecule has 0 aromatic heterocycles. The van der Waals surface area contributed by atoms with E-state index in [0.29, 0.717) is 6.54 Å². The summed E-state index contributed by atoms with van der Waals surface area (Å²) in [6.45, 7) is 6.74. The second kappa shape index (κ2) is 8.85. The third-order valence-electron chi connectivity index (χ3n) is 3.55. The third kappa shape index (κ3) is 8.76. The van der Waals surface area contributed by atoms with Gasteiger partial charge in [0.1, 0.15) is 0 Å². The molecule has 1 unspecified atom stereocenters. The molecule has 122 valence electrons. The Bertz CT molecular complexity index is 253. The van der Waals surface area contributed by atoms with E-state index in [9.17, 15) is 18.3 Å². The average Bonchev–Trinajstić information content (AvgIpc) is 2.33. The smallest absolute Gasteiger partial charge is 0.390 e. The first-order chi connectivity index (χ1) is 9.14. The van der Waals surface area contributed by atoms with Crippen LogP contribution in [-0.2, 0) is 0 Å². The molecule has 0 aliphatic carbocycles. The van der Waals surface area contributed by atoms with E-state index in [0.717, 1.165) is 19.3 Å². The van der Waals surface area contributed by atoms with E-state index < -0.39 is 12.6 Å². The zero-order valence-corrected chi connectivity index (χ0v) is 13.1. The maximum atomic E-state index is 12.1. The Balaban J connectivity index is 4.11. The molecule has 0 spiro atoms. The molecule has 0 bridgehead atoms. The van der Waals surface area contributed by atoms with Crippen molar-refractivity contribution in [2.24, 2.45) is 0 Å². The molecule has 0 heterocycles. The SMILES string of the molecule is CCC(CO)(CCCN(C)CCC(F)(F)F)NC(C)C. The van der Waals surface area contributed by atoms with Gasteiger partial charge in [0, 0.05) is 18.1 Å². The van der Waals surface area contributed by atoms with Gasteiger partial charge in [0.2, 0.25) is 0 Å². The van der Waals surface area contributed by atoms with Gasteiger partial charge in [-0.15, -0.1) is 0 Å². The number of hydrogen-bond donors (Lipinski definition) is 2. The number of halogens is 3. The van der Waals surface area contributed by atoms with Crippen molar-refractivity contribution in [3.05, 3.63) is 0 Å². The first kappa shape index (κ1) is 19.7. The molecule has 0 rings (SSSR count). The highest BCUT2D eigenvalue weighted by Gasteiger charge is 2.28. The van der Waals surface area contributed by atoms with Crippen LogP contribution in [0, 0.1) is 0 Å². The fourth-order valence-electron chi connectivity index (χ4n) is 2.32. The van der Waals surface area contributed by atoms with E-state index in [1.54, 1.807) is 11.9 Å². The van der Waals surface area contributed by atoms with Gasteiger partial charge in [-0.2, -0.15) is 13.2 Å². The zero-order valence-electron chi connectivity index (χ0n) is 13.1. The Labute approximate surface area is 120 Å². The number of rotatable bonds is 10. The highest BCUT2D eigenvalue weighted by molar-refractivity contribution is 4.87. The van der Waals surface area contributed by atoms with Crippen LogP contribution in [0.3, 0.4) is 0 Å². The van der Waals surface area contributed by atoms with Gasteiger partial charge >= 0.3 is 6.18 Å². The normalized spacial score (nSPS) is 15.9. The van der Waals surface area contributed by atoms with Gasteiger partial charge in [-0.3, -0.25) is 0 Å². The zero-order chi connectivity index (χ0) is 15.8. The Hall–Kier alpha value is -0.330. The van der Waals surface area contributed by atoms with E-state index in [1.165, 1.54) is 0 Å². The summed E-state index contributed by atoms with van der Waals surface area (Å²) in [5, 5.41) is 12.9. The number of nitrogens with zero attached hydrogens (tertiary/aromatic N) is 1. The Morgan fingerprint density at radius 1 is 1.15 bits per heavy atom. The highest BCUT2D eigenvalue weighted by atomic mass is 19.4. The maximum Gasteiger partial charge on any atom is 0.390 e. The molecule has 20 heavy (non-hydrogen) atoms. The van der Waals surface area contributed by atoms with Gasteiger partial charge < -0.3 is 15.3 Å². The van der Waals surface area contributed by atoms with Crippen LogP contribution in [0.2, 0.25) is 0 Å². The van der Waals surface area contributed by atoms with Crippen molar-refractivity contribution in [2.75, 3.05) is 26.7 Å². The first-order valence-corrected chi connectivity index (χ1v) is 7.28. The minimum absolute atomic E-state index is 0.0271. The quantitative estimate of drug-likeness (QED) is 0.651. The van der Waals surface area contributed by atoms with Crippen molar-refractivity contribution in [2.45, 2.75) is 64.2 Å². The molecule has 0 aromatic carbocycles. The monoisotopic (exact) mass is 298 g/mol. The molecule has 1 atom stereocenters. The fraction of sp³-hybridized carbons (Fsp3) is 1.00. The minimum atomic E-state index is -4.09. The lowest BCUT2D eigenvalue weighted by molar-refractivity contribution is -0.137. The summed E-state index contributed by atoms with van der Waals surface area (Å²) >= 11 is 0. The van der Waals surface area contributed by atoms with E-state index in [2.05, 4.69) is 5.32 Å². The summed E-state index contributed by atoms with van der Waals surface area (Å²) in [4.78, 5) is 1.70. The third-order valence-corrected chi connectivity index (χ3v) is 3.55. The van der Waals surface area contributed by atoms with Gasteiger partial charge in [-0.25, -0.2) is 0 Å². The number of alkyl halides is 3. The standard InChI is InChI=1S/C14H29F3N2O/c1-5-13(11-20,18-12(2)3)7-6-9-19(4)10-8-14(15,16)17/h12,18,20H,5-11H2,1-4H3. The van der Waals surface area contributed by atoms with E-state index >= 15 is 0 Å². The largest absolute Gasteiger partial charge is 0.394 e. The van der Waals surface area contributed by atoms with Crippen LogP contribution in [0.1, 0.15) is 46.5 Å². The average molecular weight is 298 g/mol. The first-order valence-electron chi connectivity index (χ1n) is 7.28. The van der Waals surface area contributed by atoms with Crippen molar-refractivity contribution in [1.29, 1.82) is 0 Å². The molecule has 0 amide bonds. The van der Waals surface area contributed by atoms with Crippen LogP contribution < -0.4 is 5.32 Å². The number of aliphatic hydroxyl groups excluding tert-OH is 1. The van der Waals surface area contributed by atoms with E-state index in [1.807, 2.05) is 20.8 Å². The molecule has 0 aromatic rings. The summed E-state index contributed by atoms with van der Waals surface area (Å²) in [6, 6.07) is 0.269. The topological polar surface area (TPSA) is 35.5 Å². The number of hydrogen-bond acceptors (Lipinski definition) is 3. The summed E-state index contributed by atoms with van der Waals surface area (Å²) in [5.41, 5.74) is -0.320. The van der Waals surface area contributed by atoms with Crippen molar-refractivity contribution in [1.82, 2.24) is 10.2 Å². The van der Waals surface area contributed by atoms with Crippen LogP contribution in [0.4, 0.5) is 13.2 Å². The molecular formula is C14H29F3N2O. The summed E-state index contributed by atoms with van der Waals surface area (Å²) in [7, 11) is 1.70. The highest BCUT2D eigenvalue weighted by Crippen LogP contribution is 2.21. The van der Waals surface area contributed by atoms with Crippen LogP contribution in [0.25, 0.3) is 0 Å². The molecule has 0 saturated heterocycles. The van der Waals surface area contributed by atoms with Crippen LogP contribution in [0.5, 0.6) is 0 Å². The molecule has 2 N–H and O–H groups in total. The summed E-state index contributed by atoms with van der Waals surface area (Å²) in [5.74, 6) is 0. The lowest BCUT2D eigenvalue weighted by Crippen LogP contribution is -2.51. The predicted octanol–water partition coefficient (Wildman–Crippen LogP) is 2.79. The molecular weight excluding hydrogens is 269 g/mol. The molecule has 3 nitrogen and oxygen atoms in total. The van der Waals surface area contributed by atoms with Crippen molar-refractivity contribution in [3.8, 4) is 0 Å².